The van der Waals surface area contributed by atoms with Crippen molar-refractivity contribution in [2.45, 2.75) is 38.4 Å². The maximum Gasteiger partial charge on any atom is 0.330 e. The molecule has 0 bridgehead atoms. The molecule has 1 saturated heterocycles. The van der Waals surface area contributed by atoms with Crippen molar-refractivity contribution in [3.05, 3.63) is 32.6 Å². The number of carbonyl (C=O) groups excluding carboxylic acids is 1. The summed E-state index contributed by atoms with van der Waals surface area (Å²) in [5, 5.41) is 21.9. The van der Waals surface area contributed by atoms with Crippen LogP contribution in [0, 0.1) is 5.92 Å². The summed E-state index contributed by atoms with van der Waals surface area (Å²) in [6, 6.07) is 0. The minimum Gasteiger partial charge on any atom is -0.394 e. The van der Waals surface area contributed by atoms with Gasteiger partial charge in [-0.1, -0.05) is 13.8 Å². The van der Waals surface area contributed by atoms with Crippen molar-refractivity contribution < 1.29 is 24.5 Å². The minimum atomic E-state index is -1.17. The van der Waals surface area contributed by atoms with E-state index >= 15 is 0 Å². The molecule has 0 unspecified atom stereocenters. The van der Waals surface area contributed by atoms with Crippen LogP contribution in [0.25, 0.3) is 0 Å². The van der Waals surface area contributed by atoms with Gasteiger partial charge in [0.1, 0.15) is 23.9 Å². The van der Waals surface area contributed by atoms with E-state index in [1.165, 1.54) is 7.11 Å². The lowest BCUT2D eigenvalue weighted by Gasteiger charge is -2.20. The number of aliphatic hydroxyl groups is 2. The van der Waals surface area contributed by atoms with Gasteiger partial charge in [0, 0.05) is 19.9 Å². The quantitative estimate of drug-likeness (QED) is 0.470. The van der Waals surface area contributed by atoms with Crippen LogP contribution >= 0.6 is 0 Å². The summed E-state index contributed by atoms with van der Waals surface area (Å²) in [6.45, 7) is 3.69. The Bertz CT molecular complexity index is 727. The zero-order valence-corrected chi connectivity index (χ0v) is 14.3. The van der Waals surface area contributed by atoms with Crippen LogP contribution in [0.15, 0.2) is 15.8 Å². The van der Waals surface area contributed by atoms with Gasteiger partial charge in [-0.2, -0.15) is 0 Å². The maximum absolute atomic E-state index is 12.2. The molecular formula is C15H23N3O7. The van der Waals surface area contributed by atoms with Crippen LogP contribution < -0.4 is 16.6 Å². The number of amides is 1. The molecule has 1 aliphatic rings. The molecule has 0 radical (unpaired) electrons. The van der Waals surface area contributed by atoms with Gasteiger partial charge in [-0.25, -0.2) is 4.79 Å². The second kappa shape index (κ2) is 7.91. The third-order valence-corrected chi connectivity index (χ3v) is 3.92. The fourth-order valence-corrected chi connectivity index (χ4v) is 2.58. The van der Waals surface area contributed by atoms with E-state index < -0.39 is 48.3 Å². The van der Waals surface area contributed by atoms with Crippen LogP contribution in [0.5, 0.6) is 0 Å². The molecule has 1 aliphatic heterocycles. The molecule has 10 heteroatoms. The molecular weight excluding hydrogens is 334 g/mol. The van der Waals surface area contributed by atoms with E-state index in [1.54, 1.807) is 0 Å². The van der Waals surface area contributed by atoms with Crippen LogP contribution in [0.2, 0.25) is 0 Å². The summed E-state index contributed by atoms with van der Waals surface area (Å²) in [7, 11) is 1.32. The third-order valence-electron chi connectivity index (χ3n) is 3.92. The average molecular weight is 357 g/mol. The number of carbonyl (C=O) groups is 1. The third kappa shape index (κ3) is 3.98. The van der Waals surface area contributed by atoms with Gasteiger partial charge in [0.25, 0.3) is 11.5 Å². The molecule has 1 aromatic heterocycles. The summed E-state index contributed by atoms with van der Waals surface area (Å²) in [6.07, 6.45) is -3.10. The van der Waals surface area contributed by atoms with Crippen LogP contribution in [0.3, 0.4) is 0 Å². The van der Waals surface area contributed by atoms with Crippen molar-refractivity contribution in [3.8, 4) is 0 Å². The minimum absolute atomic E-state index is 0.186. The Morgan fingerprint density at radius 2 is 2.16 bits per heavy atom. The zero-order valence-electron chi connectivity index (χ0n) is 14.3. The average Bonchev–Trinajstić information content (AvgIpc) is 2.88. The van der Waals surface area contributed by atoms with Crippen LogP contribution in [0.1, 0.15) is 30.4 Å². The molecule has 0 aromatic carbocycles. The Kier molecular flexibility index (Phi) is 6.11. The maximum atomic E-state index is 12.2. The van der Waals surface area contributed by atoms with Crippen molar-refractivity contribution in [2.75, 3.05) is 20.3 Å². The molecule has 4 atom stereocenters. The van der Waals surface area contributed by atoms with Crippen LogP contribution in [-0.4, -0.2) is 64.2 Å². The number of nitrogens with zero attached hydrogens (tertiary/aromatic N) is 1. The van der Waals surface area contributed by atoms with E-state index in [2.05, 4.69) is 10.3 Å². The first kappa shape index (κ1) is 19.3. The second-order valence-corrected chi connectivity index (χ2v) is 6.25. The Balaban J connectivity index is 2.38. The van der Waals surface area contributed by atoms with Crippen molar-refractivity contribution in [3.63, 3.8) is 0 Å². The number of H-pyrrole nitrogens is 1. The van der Waals surface area contributed by atoms with E-state index in [0.29, 0.717) is 6.54 Å². The van der Waals surface area contributed by atoms with E-state index in [9.17, 15) is 24.6 Å². The lowest BCUT2D eigenvalue weighted by Crippen LogP contribution is -2.42. The zero-order chi connectivity index (χ0) is 18.7. The largest absolute Gasteiger partial charge is 0.394 e. The Hall–Kier alpha value is -2.01. The van der Waals surface area contributed by atoms with Gasteiger partial charge >= 0.3 is 5.69 Å². The first-order valence-corrected chi connectivity index (χ1v) is 7.91. The molecule has 25 heavy (non-hydrogen) atoms. The van der Waals surface area contributed by atoms with E-state index in [0.717, 1.165) is 10.8 Å². The highest BCUT2D eigenvalue weighted by Gasteiger charge is 2.45. The van der Waals surface area contributed by atoms with Gasteiger partial charge in [0.15, 0.2) is 6.23 Å². The molecule has 0 spiro atoms. The Labute approximate surface area is 143 Å². The number of nitrogens with one attached hydrogen (secondary N) is 2. The summed E-state index contributed by atoms with van der Waals surface area (Å²) in [4.78, 5) is 38.3. The lowest BCUT2D eigenvalue weighted by molar-refractivity contribution is -0.0626. The molecule has 10 nitrogen and oxygen atoms in total. The number of ether oxygens (including phenoxy) is 2. The fraction of sp³-hybridized carbons (Fsp3) is 0.667. The Morgan fingerprint density at radius 3 is 2.72 bits per heavy atom. The fourth-order valence-electron chi connectivity index (χ4n) is 2.58. The normalized spacial score (nSPS) is 26.2. The molecule has 0 saturated carbocycles. The molecule has 1 fully saturated rings. The molecule has 2 heterocycles. The molecule has 140 valence electrons. The molecule has 1 amide bonds. The smallest absolute Gasteiger partial charge is 0.330 e. The number of rotatable bonds is 6. The molecule has 4 N–H and O–H groups in total. The predicted octanol–water partition coefficient (Wildman–Crippen LogP) is -1.81. The van der Waals surface area contributed by atoms with E-state index in [1.807, 2.05) is 13.8 Å². The highest BCUT2D eigenvalue weighted by Crippen LogP contribution is 2.30. The summed E-state index contributed by atoms with van der Waals surface area (Å²) in [5.74, 6) is -0.444. The van der Waals surface area contributed by atoms with Gasteiger partial charge in [-0.15, -0.1) is 0 Å². The highest BCUT2D eigenvalue weighted by molar-refractivity contribution is 5.93. The van der Waals surface area contributed by atoms with Gasteiger partial charge in [-0.3, -0.25) is 19.1 Å². The first-order chi connectivity index (χ1) is 11.8. The standard InChI is InChI=1S/C15H23N3O7/c1-7(2)4-16-12(21)8-5-18(15(23)17-13(8)22)14-11(24-3)10(20)9(6-19)25-14/h5,7,9-11,14,19-20H,4,6H2,1-3H3,(H,16,21)(H,17,22,23)/t9-,10+,11-,14-/m1/s1. The summed E-state index contributed by atoms with van der Waals surface area (Å²) < 4.78 is 11.6. The lowest BCUT2D eigenvalue weighted by atomic mass is 10.1. The van der Waals surface area contributed by atoms with Gasteiger partial charge in [-0.05, 0) is 5.92 Å². The molecule has 2 rings (SSSR count). The van der Waals surface area contributed by atoms with Gasteiger partial charge in [0.2, 0.25) is 0 Å². The predicted molar refractivity (Wildman–Crippen MR) is 86.3 cm³/mol. The second-order valence-electron chi connectivity index (χ2n) is 6.25. The van der Waals surface area contributed by atoms with E-state index in [-0.39, 0.29) is 11.5 Å². The number of aromatic amines is 1. The highest BCUT2D eigenvalue weighted by atomic mass is 16.6. The topological polar surface area (TPSA) is 143 Å². The number of hydrogen-bond donors (Lipinski definition) is 4. The Morgan fingerprint density at radius 1 is 1.48 bits per heavy atom. The summed E-state index contributed by atoms with van der Waals surface area (Å²) in [5.41, 5.74) is -1.90. The molecule has 0 aliphatic carbocycles. The van der Waals surface area contributed by atoms with Gasteiger partial charge in [0.05, 0.1) is 6.61 Å². The van der Waals surface area contributed by atoms with Gasteiger partial charge < -0.3 is 25.0 Å². The van der Waals surface area contributed by atoms with E-state index in [4.69, 9.17) is 9.47 Å². The van der Waals surface area contributed by atoms with Crippen LogP contribution in [0.4, 0.5) is 0 Å². The number of methoxy groups -OCH3 is 1. The number of aromatic nitrogens is 2. The number of aliphatic hydroxyl groups excluding tert-OH is 2. The van der Waals surface area contributed by atoms with Crippen molar-refractivity contribution >= 4 is 5.91 Å². The van der Waals surface area contributed by atoms with Crippen molar-refractivity contribution in [1.29, 1.82) is 0 Å². The van der Waals surface area contributed by atoms with Crippen molar-refractivity contribution in [2.24, 2.45) is 5.92 Å². The summed E-state index contributed by atoms with van der Waals surface area (Å²) >= 11 is 0. The SMILES string of the molecule is CO[C@@H]1[C@@H](O)[C@@H](CO)O[C@H]1n1cc(C(=O)NCC(C)C)c(=O)[nH]c1=O. The first-order valence-electron chi connectivity index (χ1n) is 7.91. The molecule has 1 aromatic rings. The van der Waals surface area contributed by atoms with Crippen molar-refractivity contribution in [1.82, 2.24) is 14.9 Å². The van der Waals surface area contributed by atoms with Crippen LogP contribution in [-0.2, 0) is 9.47 Å². The monoisotopic (exact) mass is 357 g/mol. The number of hydrogen-bond acceptors (Lipinski definition) is 7.